The number of rotatable bonds is 4. The first-order valence-electron chi connectivity index (χ1n) is 8.43. The van der Waals surface area contributed by atoms with Crippen molar-refractivity contribution >= 4 is 11.7 Å². The monoisotopic (exact) mass is 302 g/mol. The first kappa shape index (κ1) is 15.3. The molecule has 2 aliphatic heterocycles. The van der Waals surface area contributed by atoms with Crippen molar-refractivity contribution in [2.24, 2.45) is 5.92 Å². The van der Waals surface area contributed by atoms with Crippen molar-refractivity contribution in [2.45, 2.75) is 45.2 Å². The lowest BCUT2D eigenvalue weighted by Gasteiger charge is -2.27. The van der Waals surface area contributed by atoms with Crippen LogP contribution >= 0.6 is 0 Å². The average Bonchev–Trinajstić information content (AvgIpc) is 3.07. The lowest BCUT2D eigenvalue weighted by atomic mass is 9.92. The summed E-state index contributed by atoms with van der Waals surface area (Å²) in [6.07, 6.45) is 6.27. The van der Waals surface area contributed by atoms with Gasteiger partial charge in [0.25, 0.3) is 0 Å². The van der Waals surface area contributed by atoms with E-state index in [1.165, 1.54) is 12.8 Å². The third-order valence-electron chi connectivity index (χ3n) is 4.70. The van der Waals surface area contributed by atoms with Crippen LogP contribution in [0, 0.1) is 5.92 Å². The van der Waals surface area contributed by atoms with E-state index < -0.39 is 0 Å². The van der Waals surface area contributed by atoms with Gasteiger partial charge in [-0.05, 0) is 50.8 Å². The quantitative estimate of drug-likeness (QED) is 0.888. The van der Waals surface area contributed by atoms with E-state index in [4.69, 9.17) is 0 Å². The highest BCUT2D eigenvalue weighted by molar-refractivity contribution is 5.78. The minimum absolute atomic E-state index is 0.146. The lowest BCUT2D eigenvalue weighted by molar-refractivity contribution is -0.126. The van der Waals surface area contributed by atoms with Gasteiger partial charge in [0.2, 0.25) is 5.91 Å². The maximum atomic E-state index is 12.2. The average molecular weight is 302 g/mol. The van der Waals surface area contributed by atoms with Gasteiger partial charge in [-0.25, -0.2) is 4.98 Å². The van der Waals surface area contributed by atoms with Crippen LogP contribution in [0.3, 0.4) is 0 Å². The molecule has 0 bridgehead atoms. The standard InChI is InChI=1S/C17H26N4O/c1-13-10-15(6-7-18-13)17(22)20-12-14-4-5-16(19-11-14)21-8-2-3-9-21/h4-5,11,13,15,18H,2-3,6-10,12H2,1H3,(H,20,22)/t13-,15-/m0/s1. The van der Waals surface area contributed by atoms with Crippen molar-refractivity contribution in [3.63, 3.8) is 0 Å². The SMILES string of the molecule is C[C@H]1C[C@@H](C(=O)NCc2ccc(N3CCCC3)nc2)CCN1. The van der Waals surface area contributed by atoms with Crippen LogP contribution in [0.25, 0.3) is 0 Å². The van der Waals surface area contributed by atoms with Crippen LogP contribution in [0.2, 0.25) is 0 Å². The van der Waals surface area contributed by atoms with Gasteiger partial charge in [-0.2, -0.15) is 0 Å². The van der Waals surface area contributed by atoms with E-state index in [1.807, 2.05) is 6.20 Å². The summed E-state index contributed by atoms with van der Waals surface area (Å²) in [5.74, 6) is 1.38. The van der Waals surface area contributed by atoms with Gasteiger partial charge in [0, 0.05) is 37.8 Å². The van der Waals surface area contributed by atoms with Gasteiger partial charge in [0.05, 0.1) is 0 Å². The molecule has 22 heavy (non-hydrogen) atoms. The molecule has 5 nitrogen and oxygen atoms in total. The summed E-state index contributed by atoms with van der Waals surface area (Å²) >= 11 is 0. The molecule has 2 N–H and O–H groups in total. The van der Waals surface area contributed by atoms with E-state index in [2.05, 4.69) is 39.6 Å². The van der Waals surface area contributed by atoms with E-state index in [0.29, 0.717) is 12.6 Å². The van der Waals surface area contributed by atoms with E-state index in [1.54, 1.807) is 0 Å². The minimum Gasteiger partial charge on any atom is -0.357 e. The molecule has 1 amide bonds. The summed E-state index contributed by atoms with van der Waals surface area (Å²) < 4.78 is 0. The Kier molecular flexibility index (Phi) is 4.93. The second kappa shape index (κ2) is 7.09. The van der Waals surface area contributed by atoms with Crippen molar-refractivity contribution in [1.82, 2.24) is 15.6 Å². The highest BCUT2D eigenvalue weighted by Crippen LogP contribution is 2.18. The molecule has 0 aromatic carbocycles. The molecule has 5 heteroatoms. The second-order valence-electron chi connectivity index (χ2n) is 6.51. The summed E-state index contributed by atoms with van der Waals surface area (Å²) in [6, 6.07) is 4.58. The van der Waals surface area contributed by atoms with E-state index in [-0.39, 0.29) is 11.8 Å². The van der Waals surface area contributed by atoms with Crippen molar-refractivity contribution in [1.29, 1.82) is 0 Å². The number of pyridine rings is 1. The maximum absolute atomic E-state index is 12.2. The van der Waals surface area contributed by atoms with Crippen LogP contribution in [-0.2, 0) is 11.3 Å². The van der Waals surface area contributed by atoms with Gasteiger partial charge in [-0.3, -0.25) is 4.79 Å². The Balaban J connectivity index is 1.49. The Bertz CT molecular complexity index is 496. The molecule has 120 valence electrons. The fourth-order valence-electron chi connectivity index (χ4n) is 3.36. The summed E-state index contributed by atoms with van der Waals surface area (Å²) in [4.78, 5) is 19.1. The van der Waals surface area contributed by atoms with Gasteiger partial charge in [-0.15, -0.1) is 0 Å². The molecule has 3 rings (SSSR count). The number of hydrogen-bond donors (Lipinski definition) is 2. The molecule has 0 spiro atoms. The molecular formula is C17H26N4O. The molecule has 1 aromatic rings. The van der Waals surface area contributed by atoms with Crippen LogP contribution in [0.4, 0.5) is 5.82 Å². The van der Waals surface area contributed by atoms with Crippen LogP contribution < -0.4 is 15.5 Å². The van der Waals surface area contributed by atoms with Crippen LogP contribution in [0.5, 0.6) is 0 Å². The van der Waals surface area contributed by atoms with Crippen molar-refractivity contribution in [3.8, 4) is 0 Å². The predicted molar refractivity (Wildman–Crippen MR) is 87.7 cm³/mol. The first-order valence-corrected chi connectivity index (χ1v) is 8.43. The summed E-state index contributed by atoms with van der Waals surface area (Å²) in [5, 5.41) is 6.44. The Labute approximate surface area is 132 Å². The fraction of sp³-hybridized carbons (Fsp3) is 0.647. The fourth-order valence-corrected chi connectivity index (χ4v) is 3.36. The van der Waals surface area contributed by atoms with E-state index in [9.17, 15) is 4.79 Å². The molecule has 0 saturated carbocycles. The normalized spacial score (nSPS) is 25.2. The molecule has 2 atom stereocenters. The first-order chi connectivity index (χ1) is 10.7. The molecule has 2 fully saturated rings. The summed E-state index contributed by atoms with van der Waals surface area (Å²) in [5.41, 5.74) is 1.07. The highest BCUT2D eigenvalue weighted by atomic mass is 16.1. The van der Waals surface area contributed by atoms with Crippen molar-refractivity contribution < 1.29 is 4.79 Å². The number of carbonyl (C=O) groups is 1. The Morgan fingerprint density at radius 3 is 2.91 bits per heavy atom. The van der Waals surface area contributed by atoms with Gasteiger partial charge >= 0.3 is 0 Å². The molecule has 2 saturated heterocycles. The van der Waals surface area contributed by atoms with Crippen molar-refractivity contribution in [3.05, 3.63) is 23.9 Å². The zero-order chi connectivity index (χ0) is 15.4. The maximum Gasteiger partial charge on any atom is 0.223 e. The zero-order valence-corrected chi connectivity index (χ0v) is 13.3. The minimum atomic E-state index is 0.146. The summed E-state index contributed by atoms with van der Waals surface area (Å²) in [7, 11) is 0. The van der Waals surface area contributed by atoms with Gasteiger partial charge in [-0.1, -0.05) is 6.07 Å². The van der Waals surface area contributed by atoms with Gasteiger partial charge < -0.3 is 15.5 Å². The van der Waals surface area contributed by atoms with Crippen LogP contribution in [0.15, 0.2) is 18.3 Å². The predicted octanol–water partition coefficient (Wildman–Crippen LogP) is 1.69. The van der Waals surface area contributed by atoms with Gasteiger partial charge in [0.1, 0.15) is 5.82 Å². The Morgan fingerprint density at radius 1 is 1.41 bits per heavy atom. The smallest absolute Gasteiger partial charge is 0.223 e. The number of amides is 1. The van der Waals surface area contributed by atoms with Gasteiger partial charge in [0.15, 0.2) is 0 Å². The molecule has 0 radical (unpaired) electrons. The molecule has 2 aliphatic rings. The third-order valence-corrected chi connectivity index (χ3v) is 4.70. The number of aromatic nitrogens is 1. The topological polar surface area (TPSA) is 57.3 Å². The number of nitrogens with zero attached hydrogens (tertiary/aromatic N) is 2. The molecule has 3 heterocycles. The number of piperidine rings is 1. The third kappa shape index (κ3) is 3.77. The number of hydrogen-bond acceptors (Lipinski definition) is 4. The van der Waals surface area contributed by atoms with E-state index >= 15 is 0 Å². The summed E-state index contributed by atoms with van der Waals surface area (Å²) in [6.45, 7) is 5.87. The molecule has 0 aliphatic carbocycles. The Hall–Kier alpha value is -1.62. The molecule has 0 unspecified atom stereocenters. The lowest BCUT2D eigenvalue weighted by Crippen LogP contribution is -2.42. The highest BCUT2D eigenvalue weighted by Gasteiger charge is 2.24. The van der Waals surface area contributed by atoms with Crippen LogP contribution in [0.1, 0.15) is 38.2 Å². The van der Waals surface area contributed by atoms with E-state index in [0.717, 1.165) is 43.9 Å². The molecule has 1 aromatic heterocycles. The second-order valence-corrected chi connectivity index (χ2v) is 6.51. The number of anilines is 1. The largest absolute Gasteiger partial charge is 0.357 e. The van der Waals surface area contributed by atoms with Crippen LogP contribution in [-0.4, -0.2) is 36.6 Å². The Morgan fingerprint density at radius 2 is 2.23 bits per heavy atom. The zero-order valence-electron chi connectivity index (χ0n) is 13.3. The molecular weight excluding hydrogens is 276 g/mol. The number of carbonyl (C=O) groups excluding carboxylic acids is 1. The number of nitrogens with one attached hydrogen (secondary N) is 2. The van der Waals surface area contributed by atoms with Crippen molar-refractivity contribution in [2.75, 3.05) is 24.5 Å².